The van der Waals surface area contributed by atoms with Gasteiger partial charge in [0.05, 0.1) is 6.61 Å². The minimum atomic E-state index is -4.78. The fourth-order valence-electron chi connectivity index (χ4n) is 2.62. The van der Waals surface area contributed by atoms with Crippen molar-refractivity contribution in [3.05, 3.63) is 78.1 Å². The fraction of sp³-hybridized carbons (Fsp3) is 0.182. The molecule has 2 aromatic carbocycles. The second kappa shape index (κ2) is 9.84. The van der Waals surface area contributed by atoms with Crippen LogP contribution < -0.4 is 19.5 Å². The lowest BCUT2D eigenvalue weighted by molar-refractivity contribution is -0.274. The number of halogens is 3. The van der Waals surface area contributed by atoms with Crippen LogP contribution in [0.2, 0.25) is 0 Å². The number of pyridine rings is 1. The molecule has 31 heavy (non-hydrogen) atoms. The van der Waals surface area contributed by atoms with Crippen molar-refractivity contribution < 1.29 is 32.2 Å². The molecule has 0 spiro atoms. The fourth-order valence-corrected chi connectivity index (χ4v) is 2.62. The minimum absolute atomic E-state index is 0.284. The normalized spacial score (nSPS) is 11.0. The molecule has 3 rings (SSSR count). The first kappa shape index (κ1) is 21.9. The lowest BCUT2D eigenvalue weighted by Gasteiger charge is -2.14. The maximum Gasteiger partial charge on any atom is 0.573 e. The summed E-state index contributed by atoms with van der Waals surface area (Å²) in [6.45, 7) is 2.46. The molecule has 1 aromatic heterocycles. The first-order chi connectivity index (χ1) is 14.8. The standard InChI is InChI=1S/C22H19F3N2O4/c1-2-29-20-12-16(5-10-19(20)30-14-15-4-3-11-26-13-15)21(28)27-17-6-8-18(9-7-17)31-22(23,24)25/h3-13H,2,14H2,1H3,(H,27,28). The number of alkyl halides is 3. The highest BCUT2D eigenvalue weighted by molar-refractivity contribution is 6.04. The molecule has 0 aliphatic rings. The highest BCUT2D eigenvalue weighted by Crippen LogP contribution is 2.30. The molecule has 0 fully saturated rings. The van der Waals surface area contributed by atoms with E-state index in [1.807, 2.05) is 13.0 Å². The number of anilines is 1. The van der Waals surface area contributed by atoms with Crippen LogP contribution in [-0.2, 0) is 6.61 Å². The Balaban J connectivity index is 1.68. The number of ether oxygens (including phenoxy) is 3. The third-order valence-electron chi connectivity index (χ3n) is 3.97. The van der Waals surface area contributed by atoms with Gasteiger partial charge in [-0.1, -0.05) is 6.07 Å². The van der Waals surface area contributed by atoms with Crippen molar-refractivity contribution in [2.24, 2.45) is 0 Å². The molecule has 0 bridgehead atoms. The number of benzene rings is 2. The van der Waals surface area contributed by atoms with E-state index in [-0.39, 0.29) is 12.4 Å². The van der Waals surface area contributed by atoms with Gasteiger partial charge in [-0.15, -0.1) is 13.2 Å². The molecule has 0 atom stereocenters. The summed E-state index contributed by atoms with van der Waals surface area (Å²) in [7, 11) is 0. The van der Waals surface area contributed by atoms with E-state index < -0.39 is 12.3 Å². The summed E-state index contributed by atoms with van der Waals surface area (Å²) in [4.78, 5) is 16.6. The zero-order valence-electron chi connectivity index (χ0n) is 16.5. The summed E-state index contributed by atoms with van der Waals surface area (Å²) in [5.74, 6) is 0.0346. The largest absolute Gasteiger partial charge is 0.573 e. The molecule has 1 heterocycles. The monoisotopic (exact) mass is 432 g/mol. The maximum atomic E-state index is 12.5. The van der Waals surface area contributed by atoms with Gasteiger partial charge in [0.1, 0.15) is 12.4 Å². The number of carbonyl (C=O) groups is 1. The van der Waals surface area contributed by atoms with E-state index in [1.54, 1.807) is 36.7 Å². The number of amides is 1. The van der Waals surface area contributed by atoms with Gasteiger partial charge in [0.15, 0.2) is 11.5 Å². The van der Waals surface area contributed by atoms with E-state index in [1.165, 1.54) is 12.1 Å². The smallest absolute Gasteiger partial charge is 0.490 e. The van der Waals surface area contributed by atoms with Crippen LogP contribution in [0.3, 0.4) is 0 Å². The predicted octanol–water partition coefficient (Wildman–Crippen LogP) is 5.21. The molecular formula is C22H19F3N2O4. The Bertz CT molecular complexity index is 1010. The second-order valence-electron chi connectivity index (χ2n) is 6.27. The first-order valence-electron chi connectivity index (χ1n) is 9.30. The highest BCUT2D eigenvalue weighted by Gasteiger charge is 2.31. The van der Waals surface area contributed by atoms with Crippen molar-refractivity contribution in [3.63, 3.8) is 0 Å². The van der Waals surface area contributed by atoms with E-state index in [0.717, 1.165) is 17.7 Å². The van der Waals surface area contributed by atoms with Gasteiger partial charge < -0.3 is 19.5 Å². The number of hydrogen-bond donors (Lipinski definition) is 1. The van der Waals surface area contributed by atoms with E-state index >= 15 is 0 Å². The van der Waals surface area contributed by atoms with Crippen molar-refractivity contribution in [3.8, 4) is 17.2 Å². The molecule has 6 nitrogen and oxygen atoms in total. The molecule has 0 unspecified atom stereocenters. The van der Waals surface area contributed by atoms with Crippen LogP contribution in [0.4, 0.5) is 18.9 Å². The van der Waals surface area contributed by atoms with Gasteiger partial charge >= 0.3 is 6.36 Å². The van der Waals surface area contributed by atoms with Gasteiger partial charge in [0.2, 0.25) is 0 Å². The minimum Gasteiger partial charge on any atom is -0.490 e. The van der Waals surface area contributed by atoms with Crippen LogP contribution in [0.1, 0.15) is 22.8 Å². The number of aromatic nitrogens is 1. The average Bonchev–Trinajstić information content (AvgIpc) is 2.74. The molecule has 0 radical (unpaired) electrons. The van der Waals surface area contributed by atoms with E-state index in [0.29, 0.717) is 29.4 Å². The van der Waals surface area contributed by atoms with Crippen LogP contribution >= 0.6 is 0 Å². The molecule has 1 N–H and O–H groups in total. The summed E-state index contributed by atoms with van der Waals surface area (Å²) in [6, 6.07) is 13.3. The summed E-state index contributed by atoms with van der Waals surface area (Å²) < 4.78 is 51.9. The van der Waals surface area contributed by atoms with Crippen molar-refractivity contribution in [1.82, 2.24) is 4.98 Å². The third-order valence-corrected chi connectivity index (χ3v) is 3.97. The molecule has 9 heteroatoms. The van der Waals surface area contributed by atoms with Gasteiger partial charge in [-0.3, -0.25) is 9.78 Å². The summed E-state index contributed by atoms with van der Waals surface area (Å²) >= 11 is 0. The molecule has 3 aromatic rings. The Kier molecular flexibility index (Phi) is 6.96. The molecule has 0 aliphatic carbocycles. The predicted molar refractivity (Wildman–Crippen MR) is 107 cm³/mol. The average molecular weight is 432 g/mol. The topological polar surface area (TPSA) is 69.7 Å². The second-order valence-corrected chi connectivity index (χ2v) is 6.27. The van der Waals surface area contributed by atoms with Crippen LogP contribution in [0.25, 0.3) is 0 Å². The van der Waals surface area contributed by atoms with Crippen molar-refractivity contribution in [2.45, 2.75) is 19.9 Å². The van der Waals surface area contributed by atoms with Gasteiger partial charge in [-0.25, -0.2) is 0 Å². The van der Waals surface area contributed by atoms with Crippen molar-refractivity contribution in [2.75, 3.05) is 11.9 Å². The Hall–Kier alpha value is -3.75. The summed E-state index contributed by atoms with van der Waals surface area (Å²) in [5, 5.41) is 2.61. The maximum absolute atomic E-state index is 12.5. The molecule has 0 aliphatic heterocycles. The zero-order valence-corrected chi connectivity index (χ0v) is 16.5. The molecule has 1 amide bonds. The third kappa shape index (κ3) is 6.63. The van der Waals surface area contributed by atoms with Crippen LogP contribution in [-0.4, -0.2) is 23.9 Å². The van der Waals surface area contributed by atoms with Gasteiger partial charge in [0.25, 0.3) is 5.91 Å². The van der Waals surface area contributed by atoms with E-state index in [4.69, 9.17) is 9.47 Å². The van der Waals surface area contributed by atoms with E-state index in [2.05, 4.69) is 15.0 Å². The molecular weight excluding hydrogens is 413 g/mol. The summed E-state index contributed by atoms with van der Waals surface area (Å²) in [6.07, 6.45) is -1.42. The number of rotatable bonds is 8. The molecule has 0 saturated carbocycles. The number of nitrogens with one attached hydrogen (secondary N) is 1. The lowest BCUT2D eigenvalue weighted by atomic mass is 10.1. The van der Waals surface area contributed by atoms with Gasteiger partial charge in [-0.2, -0.15) is 0 Å². The van der Waals surface area contributed by atoms with Crippen LogP contribution in [0.5, 0.6) is 17.2 Å². The first-order valence-corrected chi connectivity index (χ1v) is 9.30. The van der Waals surface area contributed by atoms with Crippen LogP contribution in [0.15, 0.2) is 67.0 Å². The van der Waals surface area contributed by atoms with Crippen molar-refractivity contribution in [1.29, 1.82) is 0 Å². The van der Waals surface area contributed by atoms with Crippen molar-refractivity contribution >= 4 is 11.6 Å². The number of carbonyl (C=O) groups excluding carboxylic acids is 1. The number of nitrogens with zero attached hydrogens (tertiary/aromatic N) is 1. The van der Waals surface area contributed by atoms with Crippen LogP contribution in [0, 0.1) is 0 Å². The lowest BCUT2D eigenvalue weighted by Crippen LogP contribution is -2.17. The highest BCUT2D eigenvalue weighted by atomic mass is 19.4. The number of hydrogen-bond acceptors (Lipinski definition) is 5. The SMILES string of the molecule is CCOc1cc(C(=O)Nc2ccc(OC(F)(F)F)cc2)ccc1OCc1cccnc1. The molecule has 0 saturated heterocycles. The van der Waals surface area contributed by atoms with E-state index in [9.17, 15) is 18.0 Å². The Morgan fingerprint density at radius 1 is 1.03 bits per heavy atom. The Morgan fingerprint density at radius 2 is 1.81 bits per heavy atom. The summed E-state index contributed by atoms with van der Waals surface area (Å²) in [5.41, 5.74) is 1.49. The Morgan fingerprint density at radius 3 is 2.45 bits per heavy atom. The zero-order chi connectivity index (χ0) is 22.3. The quantitative estimate of drug-likeness (QED) is 0.529. The van der Waals surface area contributed by atoms with Gasteiger partial charge in [0, 0.05) is 29.2 Å². The Labute approximate surface area is 176 Å². The van der Waals surface area contributed by atoms with Gasteiger partial charge in [-0.05, 0) is 55.5 Å². The molecule has 162 valence electrons.